The van der Waals surface area contributed by atoms with E-state index in [0.717, 1.165) is 32.1 Å². The molecule has 0 radical (unpaired) electrons. The second kappa shape index (κ2) is 8.79. The van der Waals surface area contributed by atoms with E-state index in [2.05, 4.69) is 0 Å². The van der Waals surface area contributed by atoms with Crippen molar-refractivity contribution in [2.24, 2.45) is 5.73 Å². The normalized spacial score (nSPS) is 8.62. The van der Waals surface area contributed by atoms with Gasteiger partial charge in [0.1, 0.15) is 11.9 Å². The molecule has 0 bridgehead atoms. The maximum Gasteiger partial charge on any atom is 0.145 e. The Morgan fingerprint density at radius 3 is 2.46 bits per heavy atom. The summed E-state index contributed by atoms with van der Waals surface area (Å²) in [6.07, 6.45) is 6.94. The molecule has 3 heteroatoms. The molecule has 0 amide bonds. The van der Waals surface area contributed by atoms with Crippen molar-refractivity contribution in [1.29, 1.82) is 0 Å². The lowest BCUT2D eigenvalue weighted by molar-refractivity contribution is 0.563. The quantitative estimate of drug-likeness (QED) is 0.477. The molecule has 0 aliphatic carbocycles. The fourth-order valence-corrected chi connectivity index (χ4v) is 1.03. The highest BCUT2D eigenvalue weighted by atomic mass is 16.1. The van der Waals surface area contributed by atoms with Gasteiger partial charge in [-0.2, -0.15) is 0 Å². The molecular weight excluding hydrogens is 166 g/mol. The van der Waals surface area contributed by atoms with Crippen LogP contribution in [-0.4, -0.2) is 11.9 Å². The van der Waals surface area contributed by atoms with Gasteiger partial charge in [-0.15, -0.1) is 0 Å². The molecule has 3 nitrogen and oxygen atoms in total. The lowest BCUT2D eigenvalue weighted by Crippen LogP contribution is -1.97. The molecule has 0 unspecified atom stereocenters. The van der Waals surface area contributed by atoms with Gasteiger partial charge in [-0.05, 0) is 31.8 Å². The second-order valence-corrected chi connectivity index (χ2v) is 2.90. The van der Waals surface area contributed by atoms with Crippen LogP contribution < -0.4 is 5.73 Å². The lowest BCUT2D eigenvalue weighted by Gasteiger charge is -1.97. The highest BCUT2D eigenvalue weighted by molar-refractivity contribution is 5.50. The van der Waals surface area contributed by atoms with E-state index in [1.54, 1.807) is 11.9 Å². The first-order valence-electron chi connectivity index (χ1n) is 4.50. The van der Waals surface area contributed by atoms with Gasteiger partial charge >= 0.3 is 0 Å². The van der Waals surface area contributed by atoms with Crippen molar-refractivity contribution in [1.82, 2.24) is 0 Å². The topological polar surface area (TPSA) is 60.2 Å². The number of hydrogen-bond acceptors (Lipinski definition) is 3. The minimum atomic E-state index is 0.299. The lowest BCUT2D eigenvalue weighted by atomic mass is 10.1. The third-order valence-electron chi connectivity index (χ3n) is 1.76. The first kappa shape index (κ1) is 11.7. The summed E-state index contributed by atoms with van der Waals surface area (Å²) in [7, 11) is 0. The van der Waals surface area contributed by atoms with Crippen LogP contribution >= 0.6 is 0 Å². The van der Waals surface area contributed by atoms with Crippen LogP contribution in [0.1, 0.15) is 38.5 Å². The van der Waals surface area contributed by atoms with Gasteiger partial charge in [-0.3, -0.25) is 0 Å². The molecular formula is C10H15NO2. The Balaban J connectivity index is 3.17. The molecule has 0 aliphatic heterocycles. The molecule has 0 aromatic heterocycles. The highest BCUT2D eigenvalue weighted by Gasteiger charge is 1.92. The van der Waals surface area contributed by atoms with E-state index >= 15 is 0 Å². The maximum atomic E-state index is 9.97. The predicted molar refractivity (Wildman–Crippen MR) is 51.4 cm³/mol. The van der Waals surface area contributed by atoms with Crippen LogP contribution in [0.2, 0.25) is 0 Å². The molecule has 0 fully saturated rings. The van der Waals surface area contributed by atoms with E-state index in [1.165, 1.54) is 6.08 Å². The van der Waals surface area contributed by atoms with Crippen LogP contribution in [0.25, 0.3) is 0 Å². The minimum Gasteiger partial charge on any atom is -0.393 e. The SMILES string of the molecule is NC(=C=O)CCCCCCC=C=O. The Bertz CT molecular complexity index is 223. The van der Waals surface area contributed by atoms with E-state index < -0.39 is 0 Å². The van der Waals surface area contributed by atoms with Gasteiger partial charge < -0.3 is 5.73 Å². The monoisotopic (exact) mass is 181 g/mol. The fourth-order valence-electron chi connectivity index (χ4n) is 1.03. The molecule has 0 spiro atoms. The van der Waals surface area contributed by atoms with Gasteiger partial charge in [0.25, 0.3) is 0 Å². The van der Waals surface area contributed by atoms with Crippen molar-refractivity contribution in [3.8, 4) is 0 Å². The average Bonchev–Trinajstić information content (AvgIpc) is 2.16. The zero-order valence-electron chi connectivity index (χ0n) is 7.71. The van der Waals surface area contributed by atoms with Gasteiger partial charge in [-0.1, -0.05) is 12.8 Å². The summed E-state index contributed by atoms with van der Waals surface area (Å²) in [5.74, 6) is 3.40. The van der Waals surface area contributed by atoms with Crippen molar-refractivity contribution in [2.75, 3.05) is 0 Å². The molecule has 0 aliphatic rings. The maximum absolute atomic E-state index is 9.97. The Morgan fingerprint density at radius 1 is 1.15 bits per heavy atom. The van der Waals surface area contributed by atoms with Crippen LogP contribution in [0.5, 0.6) is 0 Å². The van der Waals surface area contributed by atoms with Crippen LogP contribution in [0, 0.1) is 0 Å². The number of rotatable bonds is 7. The fraction of sp³-hybridized carbons (Fsp3) is 0.600. The predicted octanol–water partition coefficient (Wildman–Crippen LogP) is 1.39. The number of carbonyl (C=O) groups excluding carboxylic acids is 2. The van der Waals surface area contributed by atoms with Gasteiger partial charge in [-0.25, -0.2) is 9.59 Å². The Morgan fingerprint density at radius 2 is 1.85 bits per heavy atom. The molecule has 2 N–H and O–H groups in total. The Hall–Kier alpha value is -1.30. The van der Waals surface area contributed by atoms with Gasteiger partial charge in [0, 0.05) is 0 Å². The molecule has 13 heavy (non-hydrogen) atoms. The van der Waals surface area contributed by atoms with Crippen molar-refractivity contribution in [2.45, 2.75) is 38.5 Å². The van der Waals surface area contributed by atoms with Gasteiger partial charge in [0.15, 0.2) is 0 Å². The summed E-state index contributed by atoms with van der Waals surface area (Å²) in [5.41, 5.74) is 5.57. The van der Waals surface area contributed by atoms with Crippen molar-refractivity contribution in [3.05, 3.63) is 11.8 Å². The number of hydrogen-bond donors (Lipinski definition) is 1. The molecule has 0 aromatic carbocycles. The van der Waals surface area contributed by atoms with E-state index in [4.69, 9.17) is 5.73 Å². The summed E-state index contributed by atoms with van der Waals surface area (Å²) in [6.45, 7) is 0. The third-order valence-corrected chi connectivity index (χ3v) is 1.76. The molecule has 0 rings (SSSR count). The summed E-state index contributed by atoms with van der Waals surface area (Å²) in [4.78, 5) is 19.8. The zero-order valence-corrected chi connectivity index (χ0v) is 7.71. The zero-order chi connectivity index (χ0) is 9.94. The standard InChI is InChI=1S/C10H15NO2/c11-10(9-13)7-5-3-1-2-4-6-8-12/h6H,1-5,7,11H2. The van der Waals surface area contributed by atoms with Gasteiger partial charge in [0.2, 0.25) is 0 Å². The molecule has 0 saturated heterocycles. The molecule has 72 valence electrons. The first-order valence-corrected chi connectivity index (χ1v) is 4.50. The summed E-state index contributed by atoms with van der Waals surface area (Å²) < 4.78 is 0. The Kier molecular flexibility index (Phi) is 7.91. The summed E-state index contributed by atoms with van der Waals surface area (Å²) in [5, 5.41) is 0. The van der Waals surface area contributed by atoms with Crippen molar-refractivity contribution >= 4 is 11.9 Å². The largest absolute Gasteiger partial charge is 0.393 e. The van der Waals surface area contributed by atoms with Crippen LogP contribution in [-0.2, 0) is 9.59 Å². The molecule has 0 heterocycles. The molecule has 0 aromatic rings. The third kappa shape index (κ3) is 8.61. The van der Waals surface area contributed by atoms with E-state index in [0.29, 0.717) is 12.1 Å². The summed E-state index contributed by atoms with van der Waals surface area (Å²) in [6, 6.07) is 0. The van der Waals surface area contributed by atoms with Crippen LogP contribution in [0.3, 0.4) is 0 Å². The van der Waals surface area contributed by atoms with E-state index in [9.17, 15) is 9.59 Å². The number of allylic oxidation sites excluding steroid dienone is 2. The van der Waals surface area contributed by atoms with E-state index in [-0.39, 0.29) is 0 Å². The number of nitrogens with two attached hydrogens (primary N) is 1. The smallest absolute Gasteiger partial charge is 0.145 e. The average molecular weight is 181 g/mol. The summed E-state index contributed by atoms with van der Waals surface area (Å²) >= 11 is 0. The van der Waals surface area contributed by atoms with Crippen LogP contribution in [0.15, 0.2) is 11.8 Å². The first-order chi connectivity index (χ1) is 6.31. The van der Waals surface area contributed by atoms with Gasteiger partial charge in [0.05, 0.1) is 5.70 Å². The molecule has 0 atom stereocenters. The Labute approximate surface area is 78.3 Å². The molecule has 0 saturated carbocycles. The van der Waals surface area contributed by atoms with E-state index in [1.807, 2.05) is 0 Å². The van der Waals surface area contributed by atoms with Crippen molar-refractivity contribution < 1.29 is 9.59 Å². The minimum absolute atomic E-state index is 0.299. The number of unbranched alkanes of at least 4 members (excludes halogenated alkanes) is 4. The highest BCUT2D eigenvalue weighted by Crippen LogP contribution is 2.06. The van der Waals surface area contributed by atoms with Crippen LogP contribution in [0.4, 0.5) is 0 Å². The van der Waals surface area contributed by atoms with Crippen molar-refractivity contribution in [3.63, 3.8) is 0 Å². The second-order valence-electron chi connectivity index (χ2n) is 2.90.